The summed E-state index contributed by atoms with van der Waals surface area (Å²) in [5, 5.41) is 2.91. The van der Waals surface area contributed by atoms with Gasteiger partial charge in [0.05, 0.1) is 12.1 Å². The molecule has 0 bridgehead atoms. The summed E-state index contributed by atoms with van der Waals surface area (Å²) in [6.45, 7) is 13.0. The number of carbonyl (C=O) groups excluding carboxylic acids is 3. The Bertz CT molecular complexity index is 604. The fourth-order valence-corrected chi connectivity index (χ4v) is 3.44. The summed E-state index contributed by atoms with van der Waals surface area (Å²) in [5.74, 6) is -0.507. The normalized spacial score (nSPS) is 25.0. The lowest BCUT2D eigenvalue weighted by molar-refractivity contribution is -0.147. The van der Waals surface area contributed by atoms with Crippen LogP contribution in [0.1, 0.15) is 67.7 Å². The van der Waals surface area contributed by atoms with E-state index in [0.717, 1.165) is 19.3 Å². The number of amides is 1. The molecule has 0 spiro atoms. The molecule has 0 aromatic heterocycles. The Hall–Kier alpha value is -1.89. The van der Waals surface area contributed by atoms with E-state index in [0.29, 0.717) is 0 Å². The molecule has 1 fully saturated rings. The van der Waals surface area contributed by atoms with E-state index >= 15 is 0 Å². The maximum Gasteiger partial charge on any atom is 0.302 e. The van der Waals surface area contributed by atoms with Crippen molar-refractivity contribution in [2.24, 2.45) is 11.8 Å². The van der Waals surface area contributed by atoms with E-state index in [2.05, 4.69) is 12.2 Å². The quantitative estimate of drug-likeness (QED) is 0.301. The summed E-state index contributed by atoms with van der Waals surface area (Å²) < 4.78 is 16.2. The predicted molar refractivity (Wildman–Crippen MR) is 110 cm³/mol. The van der Waals surface area contributed by atoms with E-state index in [1.54, 1.807) is 6.08 Å². The average Bonchev–Trinajstić information content (AvgIpc) is 3.33. The van der Waals surface area contributed by atoms with Crippen LogP contribution in [0.3, 0.4) is 0 Å². The third-order valence-corrected chi connectivity index (χ3v) is 5.52. The summed E-state index contributed by atoms with van der Waals surface area (Å²) >= 11 is 0. The Labute approximate surface area is 174 Å². The largest absolute Gasteiger partial charge is 0.464 e. The van der Waals surface area contributed by atoms with Crippen LogP contribution in [0.25, 0.3) is 0 Å². The summed E-state index contributed by atoms with van der Waals surface area (Å²) in [7, 11) is 0. The number of hydrogen-bond acceptors (Lipinski definition) is 6. The molecule has 1 heterocycles. The van der Waals surface area contributed by atoms with Crippen LogP contribution in [0, 0.1) is 11.8 Å². The number of hydrogen-bond donors (Lipinski definition) is 1. The van der Waals surface area contributed by atoms with E-state index in [1.807, 2.05) is 27.7 Å². The molecular formula is C22H37NO6. The van der Waals surface area contributed by atoms with Crippen LogP contribution in [0.5, 0.6) is 0 Å². The lowest BCUT2D eigenvalue weighted by atomic mass is 9.91. The maximum absolute atomic E-state index is 12.4. The second-order valence-electron chi connectivity index (χ2n) is 8.21. The number of rotatable bonds is 12. The van der Waals surface area contributed by atoms with E-state index < -0.39 is 5.60 Å². The van der Waals surface area contributed by atoms with Crippen molar-refractivity contribution >= 4 is 17.8 Å². The van der Waals surface area contributed by atoms with Crippen LogP contribution >= 0.6 is 0 Å². The van der Waals surface area contributed by atoms with Gasteiger partial charge in [0.15, 0.2) is 0 Å². The Morgan fingerprint density at radius 2 is 1.79 bits per heavy atom. The molecule has 6 atom stereocenters. The minimum Gasteiger partial charge on any atom is -0.464 e. The molecule has 0 unspecified atom stereocenters. The van der Waals surface area contributed by atoms with Gasteiger partial charge in [0, 0.05) is 19.9 Å². The fraction of sp³-hybridized carbons (Fsp3) is 0.773. The topological polar surface area (TPSA) is 94.2 Å². The first-order valence-corrected chi connectivity index (χ1v) is 10.5. The van der Waals surface area contributed by atoms with Gasteiger partial charge in [-0.3, -0.25) is 14.4 Å². The second kappa shape index (κ2) is 11.3. The minimum absolute atomic E-state index is 0.0254. The highest BCUT2D eigenvalue weighted by Crippen LogP contribution is 2.44. The number of epoxide rings is 1. The van der Waals surface area contributed by atoms with Crippen LogP contribution < -0.4 is 5.32 Å². The van der Waals surface area contributed by atoms with Crippen molar-refractivity contribution in [1.29, 1.82) is 0 Å². The number of ether oxygens (including phenoxy) is 3. The van der Waals surface area contributed by atoms with Crippen molar-refractivity contribution < 1.29 is 28.6 Å². The molecule has 0 saturated carbocycles. The van der Waals surface area contributed by atoms with Crippen LogP contribution in [-0.2, 0) is 28.6 Å². The van der Waals surface area contributed by atoms with Crippen molar-refractivity contribution in [2.75, 3.05) is 6.61 Å². The van der Waals surface area contributed by atoms with Crippen LogP contribution in [0.4, 0.5) is 0 Å². The van der Waals surface area contributed by atoms with Crippen LogP contribution in [0.15, 0.2) is 12.2 Å². The highest BCUT2D eigenvalue weighted by molar-refractivity contribution is 5.88. The predicted octanol–water partition coefficient (Wildman–Crippen LogP) is 3.16. The first kappa shape index (κ1) is 25.1. The number of carbonyl (C=O) groups is 3. The molecule has 1 rings (SSSR count). The van der Waals surface area contributed by atoms with Crippen molar-refractivity contribution in [3.8, 4) is 0 Å². The van der Waals surface area contributed by atoms with Crippen molar-refractivity contribution in [1.82, 2.24) is 5.32 Å². The van der Waals surface area contributed by atoms with Gasteiger partial charge in [-0.05, 0) is 37.7 Å². The summed E-state index contributed by atoms with van der Waals surface area (Å²) in [6, 6.07) is -0.238. The molecule has 1 aliphatic heterocycles. The van der Waals surface area contributed by atoms with E-state index in [-0.39, 0.29) is 54.5 Å². The average molecular weight is 412 g/mol. The Morgan fingerprint density at radius 1 is 1.14 bits per heavy atom. The van der Waals surface area contributed by atoms with Crippen LogP contribution in [0.2, 0.25) is 0 Å². The van der Waals surface area contributed by atoms with Gasteiger partial charge in [-0.25, -0.2) is 0 Å². The molecule has 1 N–H and O–H groups in total. The van der Waals surface area contributed by atoms with E-state index in [1.165, 1.54) is 19.9 Å². The van der Waals surface area contributed by atoms with Gasteiger partial charge in [0.25, 0.3) is 0 Å². The zero-order chi connectivity index (χ0) is 22.2. The molecule has 0 radical (unpaired) electrons. The zero-order valence-electron chi connectivity index (χ0n) is 18.8. The molecule has 0 aliphatic carbocycles. The molecule has 166 valence electrons. The van der Waals surface area contributed by atoms with Gasteiger partial charge in [0.1, 0.15) is 18.3 Å². The van der Waals surface area contributed by atoms with Gasteiger partial charge >= 0.3 is 11.9 Å². The van der Waals surface area contributed by atoms with Crippen molar-refractivity contribution in [3.63, 3.8) is 0 Å². The molecule has 1 saturated heterocycles. The Morgan fingerprint density at radius 3 is 2.31 bits per heavy atom. The summed E-state index contributed by atoms with van der Waals surface area (Å²) in [6.07, 6.45) is 5.44. The molecule has 29 heavy (non-hydrogen) atoms. The van der Waals surface area contributed by atoms with Gasteiger partial charge in [0.2, 0.25) is 5.91 Å². The number of nitrogens with one attached hydrogen (secondary N) is 1. The third kappa shape index (κ3) is 8.56. The van der Waals surface area contributed by atoms with E-state index in [4.69, 9.17) is 14.2 Å². The fourth-order valence-electron chi connectivity index (χ4n) is 3.44. The second-order valence-corrected chi connectivity index (χ2v) is 8.21. The zero-order valence-corrected chi connectivity index (χ0v) is 18.8. The minimum atomic E-state index is -0.507. The Kier molecular flexibility index (Phi) is 9.83. The van der Waals surface area contributed by atoms with Gasteiger partial charge in [-0.1, -0.05) is 34.1 Å². The smallest absolute Gasteiger partial charge is 0.302 e. The molecule has 1 aliphatic rings. The highest BCUT2D eigenvalue weighted by atomic mass is 16.6. The van der Waals surface area contributed by atoms with Crippen molar-refractivity contribution in [3.05, 3.63) is 12.2 Å². The monoisotopic (exact) mass is 411 g/mol. The molecule has 0 aromatic rings. The van der Waals surface area contributed by atoms with Gasteiger partial charge in [-0.2, -0.15) is 0 Å². The molecule has 0 aromatic carbocycles. The summed E-state index contributed by atoms with van der Waals surface area (Å²) in [4.78, 5) is 34.6. The third-order valence-electron chi connectivity index (χ3n) is 5.52. The first-order chi connectivity index (χ1) is 13.5. The highest BCUT2D eigenvalue weighted by Gasteiger charge is 2.53. The van der Waals surface area contributed by atoms with Crippen molar-refractivity contribution in [2.45, 2.75) is 91.6 Å². The standard InChI is InChI=1S/C22H37NO6/c1-8-14(3)19(13-27-16(5)24)23-20(26)10-11-22(7)21(29-22)15(4)12-18(9-2)28-17(6)25/h10-11,14-15,18-19,21H,8-9,12-13H2,1-7H3,(H,23,26)/b11-10+/t14-,15-,18+,19+,21-,22+/m0/s1. The molecule has 7 nitrogen and oxygen atoms in total. The van der Waals surface area contributed by atoms with Gasteiger partial charge < -0.3 is 19.5 Å². The number of esters is 2. The maximum atomic E-state index is 12.4. The van der Waals surface area contributed by atoms with Crippen LogP contribution in [-0.4, -0.2) is 48.3 Å². The first-order valence-electron chi connectivity index (χ1n) is 10.5. The SMILES string of the molecule is CC[C@H](C[C@H](C)[C@@H]1O[C@]1(C)/C=C/C(=O)N[C@H](COC(C)=O)[C@@H](C)CC)OC(C)=O. The Balaban J connectivity index is 2.59. The molecular weight excluding hydrogens is 374 g/mol. The summed E-state index contributed by atoms with van der Waals surface area (Å²) in [5.41, 5.74) is -0.507. The van der Waals surface area contributed by atoms with E-state index in [9.17, 15) is 14.4 Å². The molecule has 1 amide bonds. The lowest BCUT2D eigenvalue weighted by Gasteiger charge is -2.23. The lowest BCUT2D eigenvalue weighted by Crippen LogP contribution is -2.42. The van der Waals surface area contributed by atoms with Gasteiger partial charge in [-0.15, -0.1) is 0 Å². The molecule has 7 heteroatoms.